The fraction of sp³-hybridized carbons (Fsp3) is 0.588. The Labute approximate surface area is 148 Å². The topological polar surface area (TPSA) is 69.6 Å². The Balaban J connectivity index is 1.75. The van der Waals surface area contributed by atoms with E-state index in [0.717, 1.165) is 24.8 Å². The number of aliphatic imine (C=N–C) groups is 1. The predicted molar refractivity (Wildman–Crippen MR) is 101 cm³/mol. The van der Waals surface area contributed by atoms with Gasteiger partial charge in [-0.05, 0) is 18.1 Å². The maximum atomic E-state index is 12.0. The van der Waals surface area contributed by atoms with Crippen LogP contribution in [0.3, 0.4) is 0 Å². The van der Waals surface area contributed by atoms with E-state index in [1.54, 1.807) is 24.5 Å². The van der Waals surface area contributed by atoms with Crippen molar-refractivity contribution in [3.63, 3.8) is 0 Å². The summed E-state index contributed by atoms with van der Waals surface area (Å²) < 4.78 is 0. The highest BCUT2D eigenvalue weighted by atomic mass is 32.2. The number of nitrogens with zero attached hydrogens (tertiary/aromatic N) is 3. The zero-order valence-electron chi connectivity index (χ0n) is 14.7. The number of thioether (sulfide) groups is 1. The van der Waals surface area contributed by atoms with Crippen LogP contribution in [0, 0.1) is 5.92 Å². The van der Waals surface area contributed by atoms with Gasteiger partial charge < -0.3 is 15.5 Å². The van der Waals surface area contributed by atoms with E-state index in [-0.39, 0.29) is 5.91 Å². The average molecular weight is 350 g/mol. The van der Waals surface area contributed by atoms with E-state index < -0.39 is 0 Å². The number of nitrogens with one attached hydrogen (secondary N) is 2. The highest BCUT2D eigenvalue weighted by Gasteiger charge is 2.24. The SMILES string of the molecule is CN=C(NCCNC(=O)c1cccnc1)N1CCSC(C(C)C)C1. The van der Waals surface area contributed by atoms with Crippen molar-refractivity contribution < 1.29 is 4.79 Å². The molecular formula is C17H27N5OS. The third-order valence-electron chi connectivity index (χ3n) is 3.97. The van der Waals surface area contributed by atoms with Crippen LogP contribution in [0.4, 0.5) is 0 Å². The van der Waals surface area contributed by atoms with E-state index in [1.165, 1.54) is 0 Å². The number of guanidine groups is 1. The number of pyridine rings is 1. The highest BCUT2D eigenvalue weighted by Crippen LogP contribution is 2.24. The molecule has 2 N–H and O–H groups in total. The lowest BCUT2D eigenvalue weighted by Crippen LogP contribution is -2.50. The zero-order chi connectivity index (χ0) is 17.4. The molecule has 1 aliphatic heterocycles. The molecule has 1 saturated heterocycles. The van der Waals surface area contributed by atoms with Gasteiger partial charge in [-0.25, -0.2) is 0 Å². The molecule has 0 aliphatic carbocycles. The quantitative estimate of drug-likeness (QED) is 0.478. The Morgan fingerprint density at radius 1 is 1.46 bits per heavy atom. The first-order valence-corrected chi connectivity index (χ1v) is 9.42. The van der Waals surface area contributed by atoms with Crippen LogP contribution in [-0.4, -0.2) is 66.0 Å². The number of carbonyl (C=O) groups is 1. The molecule has 6 nitrogen and oxygen atoms in total. The summed E-state index contributed by atoms with van der Waals surface area (Å²) in [4.78, 5) is 22.6. The Kier molecular flexibility index (Phi) is 7.36. The van der Waals surface area contributed by atoms with Crippen LogP contribution in [0.2, 0.25) is 0 Å². The minimum absolute atomic E-state index is 0.103. The number of carbonyl (C=O) groups excluding carboxylic acids is 1. The van der Waals surface area contributed by atoms with Crippen molar-refractivity contribution >= 4 is 23.6 Å². The summed E-state index contributed by atoms with van der Waals surface area (Å²) in [7, 11) is 1.81. The van der Waals surface area contributed by atoms with E-state index >= 15 is 0 Å². The number of hydrogen-bond donors (Lipinski definition) is 2. The predicted octanol–water partition coefficient (Wildman–Crippen LogP) is 1.46. The van der Waals surface area contributed by atoms with Gasteiger partial charge in [0.05, 0.1) is 5.56 Å². The van der Waals surface area contributed by atoms with Gasteiger partial charge in [-0.3, -0.25) is 14.8 Å². The van der Waals surface area contributed by atoms with Gasteiger partial charge in [-0.2, -0.15) is 11.8 Å². The molecule has 1 amide bonds. The summed E-state index contributed by atoms with van der Waals surface area (Å²) >= 11 is 2.05. The average Bonchev–Trinajstić information content (AvgIpc) is 2.62. The third kappa shape index (κ3) is 5.40. The van der Waals surface area contributed by atoms with Crippen LogP contribution >= 0.6 is 11.8 Å². The molecule has 0 spiro atoms. The molecule has 0 bridgehead atoms. The first-order valence-electron chi connectivity index (χ1n) is 8.37. The summed E-state index contributed by atoms with van der Waals surface area (Å²) in [6, 6.07) is 3.51. The Hall–Kier alpha value is -1.76. The lowest BCUT2D eigenvalue weighted by atomic mass is 10.1. The molecule has 0 aromatic carbocycles. The van der Waals surface area contributed by atoms with Crippen LogP contribution in [0.15, 0.2) is 29.5 Å². The van der Waals surface area contributed by atoms with Crippen LogP contribution < -0.4 is 10.6 Å². The van der Waals surface area contributed by atoms with E-state index in [9.17, 15) is 4.79 Å². The summed E-state index contributed by atoms with van der Waals surface area (Å²) in [5, 5.41) is 6.87. The second kappa shape index (κ2) is 9.52. The molecule has 0 saturated carbocycles. The van der Waals surface area contributed by atoms with Crippen molar-refractivity contribution in [1.29, 1.82) is 0 Å². The maximum Gasteiger partial charge on any atom is 0.252 e. The molecular weight excluding hydrogens is 322 g/mol. The number of aromatic nitrogens is 1. The van der Waals surface area contributed by atoms with Gasteiger partial charge in [0, 0.05) is 56.6 Å². The molecule has 1 atom stereocenters. The molecule has 1 aromatic rings. The molecule has 1 fully saturated rings. The van der Waals surface area contributed by atoms with Crippen molar-refractivity contribution in [2.24, 2.45) is 10.9 Å². The minimum Gasteiger partial charge on any atom is -0.354 e. The number of rotatable bonds is 5. The van der Waals surface area contributed by atoms with Crippen LogP contribution in [0.5, 0.6) is 0 Å². The maximum absolute atomic E-state index is 12.0. The Bertz CT molecular complexity index is 549. The lowest BCUT2D eigenvalue weighted by molar-refractivity contribution is 0.0954. The Morgan fingerprint density at radius 3 is 2.92 bits per heavy atom. The molecule has 1 unspecified atom stereocenters. The molecule has 0 radical (unpaired) electrons. The third-order valence-corrected chi connectivity index (χ3v) is 5.51. The fourth-order valence-corrected chi connectivity index (χ4v) is 3.85. The van der Waals surface area contributed by atoms with Gasteiger partial charge in [0.1, 0.15) is 0 Å². The van der Waals surface area contributed by atoms with Gasteiger partial charge in [0.25, 0.3) is 5.91 Å². The number of amides is 1. The molecule has 2 rings (SSSR count). The van der Waals surface area contributed by atoms with Crippen molar-refractivity contribution in [3.8, 4) is 0 Å². The fourth-order valence-electron chi connectivity index (χ4n) is 2.55. The van der Waals surface area contributed by atoms with Crippen molar-refractivity contribution in [1.82, 2.24) is 20.5 Å². The molecule has 1 aliphatic rings. The zero-order valence-corrected chi connectivity index (χ0v) is 15.5. The number of hydrogen-bond acceptors (Lipinski definition) is 4. The molecule has 1 aromatic heterocycles. The molecule has 24 heavy (non-hydrogen) atoms. The molecule has 132 valence electrons. The Morgan fingerprint density at radius 2 is 2.25 bits per heavy atom. The van der Waals surface area contributed by atoms with Gasteiger partial charge in [-0.1, -0.05) is 13.8 Å². The lowest BCUT2D eigenvalue weighted by Gasteiger charge is -2.36. The van der Waals surface area contributed by atoms with Gasteiger partial charge in [0.15, 0.2) is 5.96 Å². The van der Waals surface area contributed by atoms with Crippen LogP contribution in [-0.2, 0) is 0 Å². The van der Waals surface area contributed by atoms with E-state index in [1.807, 2.05) is 18.8 Å². The first-order chi connectivity index (χ1) is 11.6. The molecule has 2 heterocycles. The van der Waals surface area contributed by atoms with Gasteiger partial charge in [0.2, 0.25) is 0 Å². The van der Waals surface area contributed by atoms with Crippen LogP contribution in [0.1, 0.15) is 24.2 Å². The monoisotopic (exact) mass is 349 g/mol. The van der Waals surface area contributed by atoms with Crippen molar-refractivity contribution in [2.45, 2.75) is 19.1 Å². The van der Waals surface area contributed by atoms with Gasteiger partial charge >= 0.3 is 0 Å². The van der Waals surface area contributed by atoms with E-state index in [2.05, 4.69) is 39.4 Å². The smallest absolute Gasteiger partial charge is 0.252 e. The summed E-state index contributed by atoms with van der Waals surface area (Å²) in [5.41, 5.74) is 0.578. The van der Waals surface area contributed by atoms with Crippen molar-refractivity contribution in [3.05, 3.63) is 30.1 Å². The van der Waals surface area contributed by atoms with E-state index in [4.69, 9.17) is 0 Å². The highest BCUT2D eigenvalue weighted by molar-refractivity contribution is 8.00. The summed E-state index contributed by atoms with van der Waals surface area (Å²) in [6.45, 7) is 7.76. The summed E-state index contributed by atoms with van der Waals surface area (Å²) in [6.07, 6.45) is 3.22. The van der Waals surface area contributed by atoms with Crippen molar-refractivity contribution in [2.75, 3.05) is 39.0 Å². The minimum atomic E-state index is -0.103. The van der Waals surface area contributed by atoms with Crippen LogP contribution in [0.25, 0.3) is 0 Å². The second-order valence-electron chi connectivity index (χ2n) is 6.07. The first kappa shape index (κ1) is 18.6. The molecule has 7 heteroatoms. The van der Waals surface area contributed by atoms with E-state index in [0.29, 0.717) is 29.8 Å². The summed E-state index contributed by atoms with van der Waals surface area (Å²) in [5.74, 6) is 2.60. The van der Waals surface area contributed by atoms with Gasteiger partial charge in [-0.15, -0.1) is 0 Å². The largest absolute Gasteiger partial charge is 0.354 e. The standard InChI is InChI=1S/C17H27N5OS/c1-13(2)15-12-22(9-10-24-15)17(18-3)21-8-7-20-16(23)14-5-4-6-19-11-14/h4-6,11,13,15H,7-10,12H2,1-3H3,(H,18,21)(H,20,23). The second-order valence-corrected chi connectivity index (χ2v) is 7.42. The normalized spacial score (nSPS) is 18.6.